The van der Waals surface area contributed by atoms with Gasteiger partial charge in [0.2, 0.25) is 0 Å². The molecule has 84 valence electrons. The summed E-state index contributed by atoms with van der Waals surface area (Å²) in [6.45, 7) is 2.16. The summed E-state index contributed by atoms with van der Waals surface area (Å²) in [5, 5.41) is 16.8. The molecule has 0 saturated carbocycles. The molecule has 0 aliphatic rings. The maximum absolute atomic E-state index is 9.39. The number of rotatable bonds is 4. The van der Waals surface area contributed by atoms with Crippen LogP contribution < -0.4 is 5.32 Å². The van der Waals surface area contributed by atoms with Crippen molar-refractivity contribution in [2.75, 3.05) is 11.9 Å². The Balaban J connectivity index is 2.17. The number of hydrogen-bond acceptors (Lipinski definition) is 3. The molecule has 0 aliphatic heterocycles. The number of para-hydroxylation sites is 1. The van der Waals surface area contributed by atoms with Gasteiger partial charge in [-0.05, 0) is 40.9 Å². The summed E-state index contributed by atoms with van der Waals surface area (Å²) in [5.74, 6) is 0. The highest BCUT2D eigenvalue weighted by atomic mass is 32.1. The van der Waals surface area contributed by atoms with Crippen molar-refractivity contribution in [1.29, 1.82) is 0 Å². The molecule has 0 aliphatic carbocycles. The Hall–Kier alpha value is -1.32. The zero-order chi connectivity index (χ0) is 11.4. The molecule has 3 heteroatoms. The minimum atomic E-state index is -0.0210. The van der Waals surface area contributed by atoms with Crippen LogP contribution in [0.5, 0.6) is 0 Å². The summed E-state index contributed by atoms with van der Waals surface area (Å²) in [7, 11) is 0. The fraction of sp³-hybridized carbons (Fsp3) is 0.231. The smallest absolute Gasteiger partial charge is 0.0753 e. The van der Waals surface area contributed by atoms with Crippen molar-refractivity contribution in [3.8, 4) is 0 Å². The van der Waals surface area contributed by atoms with Crippen LogP contribution in [0.1, 0.15) is 17.2 Å². The first-order chi connectivity index (χ1) is 7.81. The molecule has 0 fully saturated rings. The van der Waals surface area contributed by atoms with E-state index in [4.69, 9.17) is 0 Å². The Morgan fingerprint density at radius 3 is 2.75 bits per heavy atom. The highest BCUT2D eigenvalue weighted by molar-refractivity contribution is 7.08. The second kappa shape index (κ2) is 5.14. The molecular weight excluding hydrogens is 218 g/mol. The van der Waals surface area contributed by atoms with Crippen LogP contribution in [0.2, 0.25) is 0 Å². The Bertz CT molecular complexity index is 439. The van der Waals surface area contributed by atoms with Gasteiger partial charge in [0, 0.05) is 5.69 Å². The number of aliphatic hydroxyl groups is 1. The first-order valence-electron chi connectivity index (χ1n) is 5.26. The van der Waals surface area contributed by atoms with Gasteiger partial charge in [0.15, 0.2) is 0 Å². The molecule has 2 rings (SSSR count). The highest BCUT2D eigenvalue weighted by Gasteiger charge is 2.10. The lowest BCUT2D eigenvalue weighted by atomic mass is 10.1. The first kappa shape index (κ1) is 11.2. The third-order valence-corrected chi connectivity index (χ3v) is 3.30. The number of hydrogen-bond donors (Lipinski definition) is 2. The molecule has 1 atom stereocenters. The second-order valence-electron chi connectivity index (χ2n) is 3.75. The molecule has 2 aromatic rings. The molecule has 2 nitrogen and oxygen atoms in total. The Morgan fingerprint density at radius 1 is 1.31 bits per heavy atom. The first-order valence-corrected chi connectivity index (χ1v) is 6.20. The van der Waals surface area contributed by atoms with E-state index < -0.39 is 0 Å². The summed E-state index contributed by atoms with van der Waals surface area (Å²) < 4.78 is 0. The fourth-order valence-electron chi connectivity index (χ4n) is 1.63. The number of nitrogens with one attached hydrogen (secondary N) is 1. The summed E-state index contributed by atoms with van der Waals surface area (Å²) in [6, 6.07) is 10.1. The zero-order valence-corrected chi connectivity index (χ0v) is 10.00. The molecule has 0 amide bonds. The van der Waals surface area contributed by atoms with E-state index in [2.05, 4.69) is 23.7 Å². The van der Waals surface area contributed by atoms with E-state index in [1.165, 1.54) is 5.56 Å². The summed E-state index contributed by atoms with van der Waals surface area (Å²) in [6.07, 6.45) is 0. The van der Waals surface area contributed by atoms with Gasteiger partial charge in [0.1, 0.15) is 0 Å². The van der Waals surface area contributed by atoms with Crippen LogP contribution in [0.25, 0.3) is 0 Å². The van der Waals surface area contributed by atoms with E-state index in [0.717, 1.165) is 11.3 Å². The fourth-order valence-corrected chi connectivity index (χ4v) is 2.34. The standard InChI is InChI=1S/C13H15NOS/c1-10-4-2-3-5-12(10)14-13(8-15)11-6-7-16-9-11/h2-7,9,13-15H,8H2,1H3. The molecule has 1 aromatic heterocycles. The zero-order valence-electron chi connectivity index (χ0n) is 9.18. The van der Waals surface area contributed by atoms with Crippen LogP contribution in [0.3, 0.4) is 0 Å². The van der Waals surface area contributed by atoms with E-state index in [1.807, 2.05) is 29.6 Å². The number of thiophene rings is 1. The monoisotopic (exact) mass is 233 g/mol. The van der Waals surface area contributed by atoms with Gasteiger partial charge in [-0.1, -0.05) is 18.2 Å². The van der Waals surface area contributed by atoms with Gasteiger partial charge in [0.05, 0.1) is 12.6 Å². The summed E-state index contributed by atoms with van der Waals surface area (Å²) >= 11 is 1.65. The Labute approximate surface area is 99.6 Å². The Morgan fingerprint density at radius 2 is 2.12 bits per heavy atom. The van der Waals surface area contributed by atoms with Crippen molar-refractivity contribution >= 4 is 17.0 Å². The summed E-state index contributed by atoms with van der Waals surface area (Å²) in [4.78, 5) is 0. The molecule has 0 spiro atoms. The van der Waals surface area contributed by atoms with Gasteiger partial charge in [0.25, 0.3) is 0 Å². The van der Waals surface area contributed by atoms with Crippen molar-refractivity contribution < 1.29 is 5.11 Å². The SMILES string of the molecule is Cc1ccccc1NC(CO)c1ccsc1. The normalized spacial score (nSPS) is 12.4. The van der Waals surface area contributed by atoms with Gasteiger partial charge in [-0.3, -0.25) is 0 Å². The largest absolute Gasteiger partial charge is 0.394 e. The molecular formula is C13H15NOS. The van der Waals surface area contributed by atoms with Crippen molar-refractivity contribution in [3.05, 3.63) is 52.2 Å². The molecule has 0 radical (unpaired) electrons. The molecule has 1 unspecified atom stereocenters. The minimum Gasteiger partial charge on any atom is -0.394 e. The molecule has 0 bridgehead atoms. The third kappa shape index (κ3) is 2.43. The van der Waals surface area contributed by atoms with E-state index in [0.29, 0.717) is 0 Å². The van der Waals surface area contributed by atoms with Gasteiger partial charge in [-0.15, -0.1) is 0 Å². The minimum absolute atomic E-state index is 0.0210. The lowest BCUT2D eigenvalue weighted by molar-refractivity contribution is 0.276. The average Bonchev–Trinajstić information content (AvgIpc) is 2.81. The van der Waals surface area contributed by atoms with Gasteiger partial charge >= 0.3 is 0 Å². The number of benzene rings is 1. The average molecular weight is 233 g/mol. The van der Waals surface area contributed by atoms with Gasteiger partial charge < -0.3 is 10.4 Å². The number of anilines is 1. The quantitative estimate of drug-likeness (QED) is 0.850. The van der Waals surface area contributed by atoms with Crippen LogP contribution in [0, 0.1) is 6.92 Å². The van der Waals surface area contributed by atoms with Crippen LogP contribution in [0.4, 0.5) is 5.69 Å². The van der Waals surface area contributed by atoms with Crippen molar-refractivity contribution in [2.24, 2.45) is 0 Å². The predicted molar refractivity (Wildman–Crippen MR) is 68.9 cm³/mol. The van der Waals surface area contributed by atoms with E-state index >= 15 is 0 Å². The van der Waals surface area contributed by atoms with Crippen LogP contribution in [-0.2, 0) is 0 Å². The number of aliphatic hydroxyl groups excluding tert-OH is 1. The lowest BCUT2D eigenvalue weighted by Crippen LogP contribution is -2.14. The van der Waals surface area contributed by atoms with Crippen molar-refractivity contribution in [3.63, 3.8) is 0 Å². The van der Waals surface area contributed by atoms with Crippen molar-refractivity contribution in [1.82, 2.24) is 0 Å². The Kier molecular flexibility index (Phi) is 3.59. The predicted octanol–water partition coefficient (Wildman–Crippen LogP) is 3.20. The molecule has 0 saturated heterocycles. The van der Waals surface area contributed by atoms with Crippen molar-refractivity contribution in [2.45, 2.75) is 13.0 Å². The van der Waals surface area contributed by atoms with E-state index in [9.17, 15) is 5.11 Å². The van der Waals surface area contributed by atoms with Gasteiger partial charge in [-0.25, -0.2) is 0 Å². The van der Waals surface area contributed by atoms with Crippen LogP contribution in [0.15, 0.2) is 41.1 Å². The van der Waals surface area contributed by atoms with Crippen LogP contribution >= 0.6 is 11.3 Å². The molecule has 1 aromatic carbocycles. The van der Waals surface area contributed by atoms with E-state index in [1.54, 1.807) is 11.3 Å². The lowest BCUT2D eigenvalue weighted by Gasteiger charge is -2.18. The highest BCUT2D eigenvalue weighted by Crippen LogP contribution is 2.23. The molecule has 16 heavy (non-hydrogen) atoms. The summed E-state index contributed by atoms with van der Waals surface area (Å²) in [5.41, 5.74) is 3.40. The number of aryl methyl sites for hydroxylation is 1. The maximum atomic E-state index is 9.39. The molecule has 1 heterocycles. The van der Waals surface area contributed by atoms with Crippen LogP contribution in [-0.4, -0.2) is 11.7 Å². The molecule has 2 N–H and O–H groups in total. The topological polar surface area (TPSA) is 32.3 Å². The second-order valence-corrected chi connectivity index (χ2v) is 4.53. The third-order valence-electron chi connectivity index (χ3n) is 2.60. The maximum Gasteiger partial charge on any atom is 0.0753 e. The van der Waals surface area contributed by atoms with E-state index in [-0.39, 0.29) is 12.6 Å². The van der Waals surface area contributed by atoms with Gasteiger partial charge in [-0.2, -0.15) is 11.3 Å².